The lowest BCUT2D eigenvalue weighted by atomic mass is 10.2. The van der Waals surface area contributed by atoms with Gasteiger partial charge in [0, 0.05) is 57.7 Å². The molecule has 0 saturated carbocycles. The molecule has 0 aromatic heterocycles. The summed E-state index contributed by atoms with van der Waals surface area (Å²) in [6.45, 7) is 4.23. The summed E-state index contributed by atoms with van der Waals surface area (Å²) in [7, 11) is 5.56. The van der Waals surface area contributed by atoms with E-state index in [1.807, 2.05) is 0 Å². The fourth-order valence-electron chi connectivity index (χ4n) is 1.89. The van der Waals surface area contributed by atoms with Gasteiger partial charge in [-0.1, -0.05) is 22.0 Å². The van der Waals surface area contributed by atoms with Gasteiger partial charge in [-0.2, -0.15) is 0 Å². The number of nitrogens with zero attached hydrogens (tertiary/aromatic N) is 1. The molecule has 0 bridgehead atoms. The maximum absolute atomic E-state index is 5.08. The SMILES string of the molecule is COCCCN(C)c1ccc(CNCCOC)c(Br)c1. The van der Waals surface area contributed by atoms with Gasteiger partial charge in [-0.3, -0.25) is 0 Å². The van der Waals surface area contributed by atoms with Crippen molar-refractivity contribution in [2.45, 2.75) is 13.0 Å². The standard InChI is InChI=1S/C15H25BrN2O2/c1-18(8-4-9-19-2)14-6-5-13(15(16)11-14)12-17-7-10-20-3/h5-6,11,17H,4,7-10,12H2,1-3H3. The van der Waals surface area contributed by atoms with Gasteiger partial charge in [-0.05, 0) is 24.1 Å². The summed E-state index contributed by atoms with van der Waals surface area (Å²) in [5, 5.41) is 3.35. The molecular weight excluding hydrogens is 320 g/mol. The summed E-state index contributed by atoms with van der Waals surface area (Å²) in [6, 6.07) is 6.48. The number of rotatable bonds is 10. The van der Waals surface area contributed by atoms with Gasteiger partial charge in [0.1, 0.15) is 0 Å². The number of hydrogen-bond acceptors (Lipinski definition) is 4. The van der Waals surface area contributed by atoms with Crippen LogP contribution in [0.25, 0.3) is 0 Å². The Labute approximate surface area is 130 Å². The Kier molecular flexibility index (Phi) is 8.85. The lowest BCUT2D eigenvalue weighted by Gasteiger charge is -2.20. The average Bonchev–Trinajstić information content (AvgIpc) is 2.45. The Morgan fingerprint density at radius 2 is 1.95 bits per heavy atom. The molecule has 0 atom stereocenters. The molecule has 0 heterocycles. The normalized spacial score (nSPS) is 10.8. The molecule has 0 radical (unpaired) electrons. The zero-order chi connectivity index (χ0) is 14.8. The molecule has 1 aromatic rings. The molecular formula is C15H25BrN2O2. The largest absolute Gasteiger partial charge is 0.385 e. The van der Waals surface area contributed by atoms with Crippen molar-refractivity contribution in [3.63, 3.8) is 0 Å². The van der Waals surface area contributed by atoms with E-state index in [-0.39, 0.29) is 0 Å². The third kappa shape index (κ3) is 6.22. The van der Waals surface area contributed by atoms with E-state index in [2.05, 4.69) is 51.4 Å². The minimum absolute atomic E-state index is 0.734. The van der Waals surface area contributed by atoms with Crippen molar-refractivity contribution >= 4 is 21.6 Å². The number of halogens is 1. The Balaban J connectivity index is 2.49. The van der Waals surface area contributed by atoms with E-state index in [1.54, 1.807) is 14.2 Å². The monoisotopic (exact) mass is 344 g/mol. The second-order valence-corrected chi connectivity index (χ2v) is 5.57. The van der Waals surface area contributed by atoms with Gasteiger partial charge in [0.2, 0.25) is 0 Å². The number of anilines is 1. The molecule has 1 rings (SSSR count). The van der Waals surface area contributed by atoms with Gasteiger partial charge in [-0.15, -0.1) is 0 Å². The van der Waals surface area contributed by atoms with Crippen molar-refractivity contribution in [2.75, 3.05) is 52.5 Å². The van der Waals surface area contributed by atoms with Gasteiger partial charge in [0.05, 0.1) is 6.61 Å². The number of hydrogen-bond donors (Lipinski definition) is 1. The van der Waals surface area contributed by atoms with E-state index in [1.165, 1.54) is 11.3 Å². The van der Waals surface area contributed by atoms with Gasteiger partial charge >= 0.3 is 0 Å². The van der Waals surface area contributed by atoms with Crippen molar-refractivity contribution in [2.24, 2.45) is 0 Å². The average molecular weight is 345 g/mol. The second kappa shape index (κ2) is 10.2. The molecule has 5 heteroatoms. The van der Waals surface area contributed by atoms with Crippen LogP contribution in [-0.2, 0) is 16.0 Å². The van der Waals surface area contributed by atoms with E-state index in [9.17, 15) is 0 Å². The predicted octanol–water partition coefficient (Wildman–Crippen LogP) is 2.66. The number of methoxy groups -OCH3 is 2. The zero-order valence-electron chi connectivity index (χ0n) is 12.6. The van der Waals surface area contributed by atoms with Crippen LogP contribution in [0.4, 0.5) is 5.69 Å². The van der Waals surface area contributed by atoms with E-state index in [0.717, 1.165) is 43.7 Å². The topological polar surface area (TPSA) is 33.7 Å². The van der Waals surface area contributed by atoms with Crippen LogP contribution in [0, 0.1) is 0 Å². The Bertz CT molecular complexity index is 388. The first-order chi connectivity index (χ1) is 9.69. The molecule has 4 nitrogen and oxygen atoms in total. The van der Waals surface area contributed by atoms with Crippen LogP contribution in [0.5, 0.6) is 0 Å². The van der Waals surface area contributed by atoms with Crippen LogP contribution >= 0.6 is 15.9 Å². The Morgan fingerprint density at radius 3 is 2.60 bits per heavy atom. The van der Waals surface area contributed by atoms with Crippen LogP contribution in [0.15, 0.2) is 22.7 Å². The number of ether oxygens (including phenoxy) is 2. The fraction of sp³-hybridized carbons (Fsp3) is 0.600. The lowest BCUT2D eigenvalue weighted by molar-refractivity contribution is 0.196. The van der Waals surface area contributed by atoms with Gasteiger partial charge in [0.25, 0.3) is 0 Å². The van der Waals surface area contributed by atoms with Gasteiger partial charge in [-0.25, -0.2) is 0 Å². The van der Waals surface area contributed by atoms with Crippen LogP contribution in [0.1, 0.15) is 12.0 Å². The highest BCUT2D eigenvalue weighted by molar-refractivity contribution is 9.10. The first kappa shape index (κ1) is 17.4. The highest BCUT2D eigenvalue weighted by Crippen LogP contribution is 2.23. The minimum Gasteiger partial charge on any atom is -0.385 e. The fourth-order valence-corrected chi connectivity index (χ4v) is 2.40. The highest BCUT2D eigenvalue weighted by atomic mass is 79.9. The molecule has 20 heavy (non-hydrogen) atoms. The molecule has 0 aliphatic rings. The molecule has 0 fully saturated rings. The summed E-state index contributed by atoms with van der Waals surface area (Å²) in [6.07, 6.45) is 1.03. The Hall–Kier alpha value is -0.620. The van der Waals surface area contributed by atoms with E-state index in [0.29, 0.717) is 0 Å². The lowest BCUT2D eigenvalue weighted by Crippen LogP contribution is -2.20. The van der Waals surface area contributed by atoms with Gasteiger partial charge < -0.3 is 19.7 Å². The molecule has 0 spiro atoms. The molecule has 114 valence electrons. The third-order valence-electron chi connectivity index (χ3n) is 3.12. The van der Waals surface area contributed by atoms with Crippen LogP contribution < -0.4 is 10.2 Å². The first-order valence-corrected chi connectivity index (χ1v) is 7.66. The molecule has 0 unspecified atom stereocenters. The zero-order valence-corrected chi connectivity index (χ0v) is 14.2. The summed E-state index contributed by atoms with van der Waals surface area (Å²) >= 11 is 3.64. The van der Waals surface area contributed by atoms with Crippen molar-refractivity contribution < 1.29 is 9.47 Å². The van der Waals surface area contributed by atoms with E-state index >= 15 is 0 Å². The third-order valence-corrected chi connectivity index (χ3v) is 3.86. The molecule has 1 aromatic carbocycles. The molecule has 0 aliphatic heterocycles. The summed E-state index contributed by atoms with van der Waals surface area (Å²) < 4.78 is 11.2. The number of benzene rings is 1. The van der Waals surface area contributed by atoms with E-state index < -0.39 is 0 Å². The van der Waals surface area contributed by atoms with Crippen molar-refractivity contribution in [3.8, 4) is 0 Å². The molecule has 0 amide bonds. The highest BCUT2D eigenvalue weighted by Gasteiger charge is 2.05. The molecule has 1 N–H and O–H groups in total. The quantitative estimate of drug-likeness (QED) is 0.661. The molecule has 0 aliphatic carbocycles. The second-order valence-electron chi connectivity index (χ2n) is 4.71. The smallest absolute Gasteiger partial charge is 0.0587 e. The summed E-state index contributed by atoms with van der Waals surface area (Å²) in [5.41, 5.74) is 2.48. The minimum atomic E-state index is 0.734. The predicted molar refractivity (Wildman–Crippen MR) is 87.5 cm³/mol. The van der Waals surface area contributed by atoms with Crippen LogP contribution in [0.3, 0.4) is 0 Å². The van der Waals surface area contributed by atoms with Gasteiger partial charge in [0.15, 0.2) is 0 Å². The molecule has 0 saturated heterocycles. The summed E-state index contributed by atoms with van der Waals surface area (Å²) in [5.74, 6) is 0. The van der Waals surface area contributed by atoms with Crippen LogP contribution in [0.2, 0.25) is 0 Å². The maximum Gasteiger partial charge on any atom is 0.0587 e. The maximum atomic E-state index is 5.08. The van der Waals surface area contributed by atoms with Crippen molar-refractivity contribution in [3.05, 3.63) is 28.2 Å². The summed E-state index contributed by atoms with van der Waals surface area (Å²) in [4.78, 5) is 2.24. The Morgan fingerprint density at radius 1 is 1.20 bits per heavy atom. The first-order valence-electron chi connectivity index (χ1n) is 6.87. The van der Waals surface area contributed by atoms with E-state index in [4.69, 9.17) is 9.47 Å². The van der Waals surface area contributed by atoms with Crippen molar-refractivity contribution in [1.82, 2.24) is 5.32 Å². The number of nitrogens with one attached hydrogen (secondary N) is 1. The van der Waals surface area contributed by atoms with Crippen molar-refractivity contribution in [1.29, 1.82) is 0 Å². The van der Waals surface area contributed by atoms with Crippen LogP contribution in [-0.4, -0.2) is 47.6 Å².